The summed E-state index contributed by atoms with van der Waals surface area (Å²) in [4.78, 5) is 19.7. The van der Waals surface area contributed by atoms with Crippen molar-refractivity contribution in [2.75, 3.05) is 27.7 Å². The van der Waals surface area contributed by atoms with E-state index in [4.69, 9.17) is 9.42 Å². The molecule has 0 fully saturated rings. The van der Waals surface area contributed by atoms with E-state index in [1.54, 1.807) is 24.3 Å². The predicted molar refractivity (Wildman–Crippen MR) is 63.0 cm³/mol. The lowest BCUT2D eigenvalue weighted by atomic mass is 10.1. The molecule has 1 aromatic carbocycles. The Labute approximate surface area is 101 Å². The molecule has 2 unspecified atom stereocenters. The molecule has 1 N–H and O–H groups in total. The molecule has 0 aliphatic rings. The third kappa shape index (κ3) is 5.96. The minimum atomic E-state index is -4.73. The lowest BCUT2D eigenvalue weighted by Gasteiger charge is -2.31. The van der Waals surface area contributed by atoms with Crippen molar-refractivity contribution in [3.05, 3.63) is 35.9 Å². The van der Waals surface area contributed by atoms with E-state index < -0.39 is 13.9 Å². The zero-order valence-electron chi connectivity index (χ0n) is 10.2. The Balaban J connectivity index is 2.91. The molecule has 0 spiro atoms. The SMILES string of the molecule is C[N+](C)(C)CC(OP(=O)([O-])O)c1ccccc1. The fourth-order valence-corrected chi connectivity index (χ4v) is 2.04. The van der Waals surface area contributed by atoms with Crippen LogP contribution < -0.4 is 4.89 Å². The number of quaternary nitrogens is 1. The van der Waals surface area contributed by atoms with Crippen molar-refractivity contribution in [2.45, 2.75) is 6.10 Å². The Morgan fingerprint density at radius 3 is 2.29 bits per heavy atom. The van der Waals surface area contributed by atoms with Crippen LogP contribution >= 0.6 is 7.82 Å². The van der Waals surface area contributed by atoms with Crippen LogP contribution in [-0.4, -0.2) is 37.1 Å². The molecule has 5 nitrogen and oxygen atoms in total. The largest absolute Gasteiger partial charge is 0.756 e. The molecule has 0 aliphatic carbocycles. The summed E-state index contributed by atoms with van der Waals surface area (Å²) in [7, 11) is 1.04. The second-order valence-corrected chi connectivity index (χ2v) is 6.09. The number of hydrogen-bond acceptors (Lipinski definition) is 3. The van der Waals surface area contributed by atoms with Crippen LogP contribution in [0.3, 0.4) is 0 Å². The van der Waals surface area contributed by atoms with E-state index in [0.717, 1.165) is 5.56 Å². The highest BCUT2D eigenvalue weighted by Crippen LogP contribution is 2.38. The Hall–Kier alpha value is -0.710. The van der Waals surface area contributed by atoms with Crippen LogP contribution in [0, 0.1) is 0 Å². The van der Waals surface area contributed by atoms with Crippen molar-refractivity contribution < 1.29 is 23.4 Å². The third-order valence-corrected chi connectivity index (χ3v) is 2.67. The van der Waals surface area contributed by atoms with Crippen molar-refractivity contribution in [3.63, 3.8) is 0 Å². The van der Waals surface area contributed by atoms with Gasteiger partial charge in [-0.2, -0.15) is 0 Å². The van der Waals surface area contributed by atoms with Gasteiger partial charge < -0.3 is 18.8 Å². The summed E-state index contributed by atoms with van der Waals surface area (Å²) in [6, 6.07) is 8.98. The summed E-state index contributed by atoms with van der Waals surface area (Å²) in [5, 5.41) is 0. The molecule has 6 heteroatoms. The summed E-state index contributed by atoms with van der Waals surface area (Å²) in [6.07, 6.45) is -0.676. The molecule has 0 amide bonds. The van der Waals surface area contributed by atoms with Crippen LogP contribution in [0.5, 0.6) is 0 Å². The fourth-order valence-electron chi connectivity index (χ4n) is 1.53. The monoisotopic (exact) mass is 259 g/mol. The summed E-state index contributed by atoms with van der Waals surface area (Å²) in [5.41, 5.74) is 0.727. The fraction of sp³-hybridized carbons (Fsp3) is 0.455. The molecule has 96 valence electrons. The van der Waals surface area contributed by atoms with E-state index in [9.17, 15) is 9.46 Å². The highest BCUT2D eigenvalue weighted by Gasteiger charge is 2.23. The number of hydrogen-bond donors (Lipinski definition) is 1. The van der Waals surface area contributed by atoms with Gasteiger partial charge in [-0.3, -0.25) is 4.57 Å². The average Bonchev–Trinajstić information content (AvgIpc) is 2.14. The van der Waals surface area contributed by atoms with Gasteiger partial charge in [0.15, 0.2) is 0 Å². The molecule has 0 radical (unpaired) electrons. The maximum atomic E-state index is 10.9. The topological polar surface area (TPSA) is 69.6 Å². The summed E-state index contributed by atoms with van der Waals surface area (Å²) in [6.45, 7) is 0.441. The van der Waals surface area contributed by atoms with E-state index in [-0.39, 0.29) is 0 Å². The predicted octanol–water partition coefficient (Wildman–Crippen LogP) is 0.911. The number of likely N-dealkylation sites (N-methyl/N-ethyl adjacent to an activating group) is 1. The first-order chi connectivity index (χ1) is 7.67. The molecule has 0 heterocycles. The van der Waals surface area contributed by atoms with Crippen LogP contribution in [0.25, 0.3) is 0 Å². The molecule has 1 aromatic rings. The number of phosphoric acid groups is 1. The van der Waals surface area contributed by atoms with E-state index >= 15 is 0 Å². The summed E-state index contributed by atoms with van der Waals surface area (Å²) < 4.78 is 16.1. The molecule has 1 rings (SSSR count). The zero-order valence-corrected chi connectivity index (χ0v) is 11.1. The van der Waals surface area contributed by atoms with Crippen LogP contribution in [0.15, 0.2) is 30.3 Å². The normalized spacial score (nSPS) is 17.5. The first-order valence-electron chi connectivity index (χ1n) is 5.25. The minimum Gasteiger partial charge on any atom is -0.756 e. The Kier molecular flexibility index (Phi) is 4.47. The van der Waals surface area contributed by atoms with Crippen molar-refractivity contribution in [3.8, 4) is 0 Å². The Bertz CT molecular complexity index is 396. The zero-order chi connectivity index (χ0) is 13.1. The van der Waals surface area contributed by atoms with E-state index in [1.165, 1.54) is 0 Å². The molecule has 0 aromatic heterocycles. The van der Waals surface area contributed by atoms with Gasteiger partial charge in [-0.1, -0.05) is 30.3 Å². The molecule has 0 bridgehead atoms. The Morgan fingerprint density at radius 1 is 1.35 bits per heavy atom. The lowest BCUT2D eigenvalue weighted by Crippen LogP contribution is -2.39. The number of benzene rings is 1. The molecular formula is C11H18NO4P. The van der Waals surface area contributed by atoms with Gasteiger partial charge in [0, 0.05) is 0 Å². The first-order valence-corrected chi connectivity index (χ1v) is 6.74. The van der Waals surface area contributed by atoms with Gasteiger partial charge in [-0.25, -0.2) is 0 Å². The second kappa shape index (κ2) is 5.29. The van der Waals surface area contributed by atoms with Gasteiger partial charge in [0.2, 0.25) is 0 Å². The highest BCUT2D eigenvalue weighted by atomic mass is 31.2. The van der Waals surface area contributed by atoms with Gasteiger partial charge in [0.1, 0.15) is 12.6 Å². The maximum absolute atomic E-state index is 10.9. The average molecular weight is 259 g/mol. The van der Waals surface area contributed by atoms with Crippen LogP contribution in [0.1, 0.15) is 11.7 Å². The van der Waals surface area contributed by atoms with Crippen molar-refractivity contribution >= 4 is 7.82 Å². The number of nitrogens with zero attached hydrogens (tertiary/aromatic N) is 1. The highest BCUT2D eigenvalue weighted by molar-refractivity contribution is 7.44. The van der Waals surface area contributed by atoms with Crippen LogP contribution in [-0.2, 0) is 9.09 Å². The van der Waals surface area contributed by atoms with Crippen molar-refractivity contribution in [2.24, 2.45) is 0 Å². The van der Waals surface area contributed by atoms with E-state index in [2.05, 4.69) is 0 Å². The second-order valence-electron chi connectivity index (χ2n) is 4.95. The molecule has 2 atom stereocenters. The van der Waals surface area contributed by atoms with Gasteiger partial charge in [0.05, 0.1) is 21.1 Å². The first kappa shape index (κ1) is 14.4. The van der Waals surface area contributed by atoms with Crippen LogP contribution in [0.4, 0.5) is 0 Å². The quantitative estimate of drug-likeness (QED) is 0.630. The van der Waals surface area contributed by atoms with Gasteiger partial charge in [-0.15, -0.1) is 0 Å². The standard InChI is InChI=1S/C11H18NO4P/c1-12(2,3)9-11(16-17(13,14)15)10-7-5-4-6-8-10/h4-8,11H,9H2,1-3H3,(H-,13,14,15). The van der Waals surface area contributed by atoms with E-state index in [0.29, 0.717) is 11.0 Å². The summed E-state index contributed by atoms with van der Waals surface area (Å²) >= 11 is 0. The van der Waals surface area contributed by atoms with E-state index in [1.807, 2.05) is 27.2 Å². The molecular weight excluding hydrogens is 241 g/mol. The molecule has 17 heavy (non-hydrogen) atoms. The van der Waals surface area contributed by atoms with Crippen LogP contribution in [0.2, 0.25) is 0 Å². The minimum absolute atomic E-state index is 0.441. The third-order valence-electron chi connectivity index (χ3n) is 2.15. The smallest absolute Gasteiger partial charge is 0.266 e. The summed E-state index contributed by atoms with van der Waals surface area (Å²) in [5.74, 6) is 0. The van der Waals surface area contributed by atoms with Crippen molar-refractivity contribution in [1.82, 2.24) is 0 Å². The van der Waals surface area contributed by atoms with Gasteiger partial charge >= 0.3 is 0 Å². The van der Waals surface area contributed by atoms with Gasteiger partial charge in [0.25, 0.3) is 7.82 Å². The molecule has 0 saturated carbocycles. The number of rotatable bonds is 5. The Morgan fingerprint density at radius 2 is 1.88 bits per heavy atom. The van der Waals surface area contributed by atoms with Crippen molar-refractivity contribution in [1.29, 1.82) is 0 Å². The number of phosphoric ester groups is 1. The maximum Gasteiger partial charge on any atom is 0.266 e. The molecule has 0 saturated heterocycles. The lowest BCUT2D eigenvalue weighted by molar-refractivity contribution is -0.874. The van der Waals surface area contributed by atoms with Gasteiger partial charge in [-0.05, 0) is 5.56 Å². The molecule has 0 aliphatic heterocycles.